The van der Waals surface area contributed by atoms with Crippen molar-refractivity contribution in [2.45, 2.75) is 36.6 Å². The minimum absolute atomic E-state index is 0.114. The van der Waals surface area contributed by atoms with Gasteiger partial charge in [-0.2, -0.15) is 0 Å². The largest absolute Gasteiger partial charge is 0.480 e. The van der Waals surface area contributed by atoms with Gasteiger partial charge in [-0.1, -0.05) is 30.3 Å². The van der Waals surface area contributed by atoms with Crippen LogP contribution in [0.15, 0.2) is 53.4 Å². The van der Waals surface area contributed by atoms with Crippen molar-refractivity contribution in [1.29, 1.82) is 0 Å². The molecule has 0 spiro atoms. The Labute approximate surface area is 161 Å². The van der Waals surface area contributed by atoms with E-state index in [9.17, 15) is 19.5 Å². The number of nitrogens with one attached hydrogen (secondary N) is 1. The number of nitrogens with zero attached hydrogens (tertiary/aromatic N) is 1. The molecule has 0 saturated carbocycles. The first kappa shape index (κ1) is 19.0. The summed E-state index contributed by atoms with van der Waals surface area (Å²) in [7, 11) is 0. The summed E-state index contributed by atoms with van der Waals surface area (Å²) in [5, 5.41) is 12.0. The fourth-order valence-corrected chi connectivity index (χ4v) is 3.74. The van der Waals surface area contributed by atoms with Crippen molar-refractivity contribution in [3.63, 3.8) is 0 Å². The van der Waals surface area contributed by atoms with Gasteiger partial charge in [-0.3, -0.25) is 9.59 Å². The van der Waals surface area contributed by atoms with Gasteiger partial charge in [0.15, 0.2) is 0 Å². The van der Waals surface area contributed by atoms with Gasteiger partial charge in [0.2, 0.25) is 5.91 Å². The number of carbonyl (C=O) groups is 3. The van der Waals surface area contributed by atoms with E-state index in [2.05, 4.69) is 5.32 Å². The van der Waals surface area contributed by atoms with Crippen LogP contribution in [-0.2, 0) is 16.1 Å². The first-order valence-electron chi connectivity index (χ1n) is 8.56. The van der Waals surface area contributed by atoms with E-state index in [1.165, 1.54) is 23.6 Å². The van der Waals surface area contributed by atoms with E-state index in [-0.39, 0.29) is 17.7 Å². The van der Waals surface area contributed by atoms with Gasteiger partial charge in [0, 0.05) is 17.0 Å². The van der Waals surface area contributed by atoms with Crippen molar-refractivity contribution in [3.05, 3.63) is 59.7 Å². The highest BCUT2D eigenvalue weighted by Gasteiger charge is 2.29. The van der Waals surface area contributed by atoms with Crippen molar-refractivity contribution in [2.24, 2.45) is 0 Å². The second-order valence-corrected chi connectivity index (χ2v) is 7.78. The Hall–Kier alpha value is -2.80. The van der Waals surface area contributed by atoms with Gasteiger partial charge in [0.25, 0.3) is 5.91 Å². The molecule has 0 fully saturated rings. The first-order chi connectivity index (χ1) is 12.9. The molecule has 3 rings (SSSR count). The topological polar surface area (TPSA) is 86.7 Å². The lowest BCUT2D eigenvalue weighted by Gasteiger charge is -2.28. The monoisotopic (exact) mass is 384 g/mol. The summed E-state index contributed by atoms with van der Waals surface area (Å²) in [6.07, 6.45) is 0. The minimum atomic E-state index is -1.07. The molecular formula is C20H20N2O4S. The molecule has 140 valence electrons. The highest BCUT2D eigenvalue weighted by atomic mass is 32.2. The number of carbonyl (C=O) groups excluding carboxylic acids is 2. The van der Waals surface area contributed by atoms with Crippen LogP contribution in [0.5, 0.6) is 0 Å². The molecule has 1 aliphatic rings. The SMILES string of the molecule is CC1Sc2ccc(C(=O)N(Cc3ccccc3)C(C)C(=O)O)cc2NC1=O. The third-order valence-electron chi connectivity index (χ3n) is 4.44. The Morgan fingerprint density at radius 3 is 2.59 bits per heavy atom. The van der Waals surface area contributed by atoms with E-state index >= 15 is 0 Å². The van der Waals surface area contributed by atoms with E-state index < -0.39 is 17.9 Å². The Kier molecular flexibility index (Phi) is 5.51. The summed E-state index contributed by atoms with van der Waals surface area (Å²) >= 11 is 1.43. The fourth-order valence-electron chi connectivity index (χ4n) is 2.81. The smallest absolute Gasteiger partial charge is 0.326 e. The molecular weight excluding hydrogens is 364 g/mol. The number of aliphatic carboxylic acids is 1. The van der Waals surface area contributed by atoms with Crippen LogP contribution in [0.25, 0.3) is 0 Å². The van der Waals surface area contributed by atoms with Crippen LogP contribution in [0.3, 0.4) is 0 Å². The standard InChI is InChI=1S/C20H20N2O4S/c1-12(20(25)26)22(11-14-6-4-3-5-7-14)19(24)15-8-9-17-16(10-15)21-18(23)13(2)27-17/h3-10,12-13H,11H2,1-2H3,(H,21,23)(H,25,26). The van der Waals surface area contributed by atoms with Gasteiger partial charge in [-0.05, 0) is 37.6 Å². The van der Waals surface area contributed by atoms with Crippen molar-refractivity contribution >= 4 is 35.2 Å². The van der Waals surface area contributed by atoms with Crippen LogP contribution in [0.2, 0.25) is 0 Å². The second-order valence-electron chi connectivity index (χ2n) is 6.39. The van der Waals surface area contributed by atoms with Gasteiger partial charge < -0.3 is 15.3 Å². The number of fused-ring (bicyclic) bond motifs is 1. The number of hydrogen-bond acceptors (Lipinski definition) is 4. The molecule has 0 saturated heterocycles. The molecule has 0 aromatic heterocycles. The van der Waals surface area contributed by atoms with Gasteiger partial charge in [0.1, 0.15) is 6.04 Å². The molecule has 0 radical (unpaired) electrons. The molecule has 27 heavy (non-hydrogen) atoms. The minimum Gasteiger partial charge on any atom is -0.480 e. The van der Waals surface area contributed by atoms with Gasteiger partial charge >= 0.3 is 5.97 Å². The average molecular weight is 384 g/mol. The van der Waals surface area contributed by atoms with Crippen LogP contribution in [0.1, 0.15) is 29.8 Å². The lowest BCUT2D eigenvalue weighted by Crippen LogP contribution is -2.42. The number of anilines is 1. The van der Waals surface area contributed by atoms with E-state index in [1.54, 1.807) is 18.2 Å². The number of benzene rings is 2. The molecule has 2 amide bonds. The zero-order valence-corrected chi connectivity index (χ0v) is 15.8. The molecule has 6 nitrogen and oxygen atoms in total. The van der Waals surface area contributed by atoms with E-state index in [1.807, 2.05) is 37.3 Å². The van der Waals surface area contributed by atoms with E-state index in [0.717, 1.165) is 10.5 Å². The Balaban J connectivity index is 1.91. The third-order valence-corrected chi connectivity index (χ3v) is 5.62. The predicted octanol–water partition coefficient (Wildman–Crippen LogP) is 3.23. The maximum absolute atomic E-state index is 13.1. The lowest BCUT2D eigenvalue weighted by molar-refractivity contribution is -0.141. The highest BCUT2D eigenvalue weighted by molar-refractivity contribution is 8.00. The molecule has 2 unspecified atom stereocenters. The van der Waals surface area contributed by atoms with Crippen molar-refractivity contribution in [2.75, 3.05) is 5.32 Å². The molecule has 0 aliphatic carbocycles. The summed E-state index contributed by atoms with van der Waals surface area (Å²) in [6.45, 7) is 3.49. The predicted molar refractivity (Wildman–Crippen MR) is 104 cm³/mol. The summed E-state index contributed by atoms with van der Waals surface area (Å²) in [5.41, 5.74) is 1.76. The quantitative estimate of drug-likeness (QED) is 0.826. The third kappa shape index (κ3) is 4.14. The van der Waals surface area contributed by atoms with Gasteiger partial charge in [-0.25, -0.2) is 4.79 Å². The molecule has 2 aromatic carbocycles. The first-order valence-corrected chi connectivity index (χ1v) is 9.44. The van der Waals surface area contributed by atoms with Crippen molar-refractivity contribution < 1.29 is 19.5 Å². The average Bonchev–Trinajstić information content (AvgIpc) is 2.66. The maximum atomic E-state index is 13.1. The maximum Gasteiger partial charge on any atom is 0.326 e. The zero-order valence-electron chi connectivity index (χ0n) is 15.0. The summed E-state index contributed by atoms with van der Waals surface area (Å²) < 4.78 is 0. The van der Waals surface area contributed by atoms with Gasteiger partial charge in [0.05, 0.1) is 10.9 Å². The number of carboxylic acids is 1. The number of hydrogen-bond donors (Lipinski definition) is 2. The Bertz CT molecular complexity index is 885. The van der Waals surface area contributed by atoms with Gasteiger partial charge in [-0.15, -0.1) is 11.8 Å². The van der Waals surface area contributed by atoms with Crippen LogP contribution in [-0.4, -0.2) is 39.1 Å². The lowest BCUT2D eigenvalue weighted by atomic mass is 10.1. The van der Waals surface area contributed by atoms with Crippen molar-refractivity contribution in [3.8, 4) is 0 Å². The normalized spacial score (nSPS) is 16.8. The summed E-state index contributed by atoms with van der Waals surface area (Å²) in [4.78, 5) is 38.7. The fraction of sp³-hybridized carbons (Fsp3) is 0.250. The number of carboxylic acid groups (broad SMARTS) is 1. The number of rotatable bonds is 5. The highest BCUT2D eigenvalue weighted by Crippen LogP contribution is 2.36. The van der Waals surface area contributed by atoms with Crippen LogP contribution in [0, 0.1) is 0 Å². The van der Waals surface area contributed by atoms with Crippen LogP contribution < -0.4 is 5.32 Å². The molecule has 2 N–H and O–H groups in total. The van der Waals surface area contributed by atoms with Crippen molar-refractivity contribution in [1.82, 2.24) is 4.90 Å². The van der Waals surface area contributed by atoms with E-state index in [4.69, 9.17) is 0 Å². The molecule has 0 bridgehead atoms. The number of amides is 2. The molecule has 2 atom stereocenters. The van der Waals surface area contributed by atoms with Crippen LogP contribution in [0.4, 0.5) is 5.69 Å². The molecule has 1 aliphatic heterocycles. The molecule has 1 heterocycles. The zero-order chi connectivity index (χ0) is 19.6. The number of thioether (sulfide) groups is 1. The summed E-state index contributed by atoms with van der Waals surface area (Å²) in [6, 6.07) is 13.3. The molecule has 7 heteroatoms. The van der Waals surface area contributed by atoms with E-state index in [0.29, 0.717) is 11.3 Å². The summed E-state index contributed by atoms with van der Waals surface area (Å²) in [5.74, 6) is -1.58. The Morgan fingerprint density at radius 1 is 1.22 bits per heavy atom. The second kappa shape index (κ2) is 7.84. The Morgan fingerprint density at radius 2 is 1.93 bits per heavy atom. The molecule has 2 aromatic rings. The van der Waals surface area contributed by atoms with Crippen LogP contribution >= 0.6 is 11.8 Å².